The molecule has 2 heterocycles. The molecule has 0 aromatic heterocycles. The molecule has 6 nitrogen and oxygen atoms in total. The molecule has 0 spiro atoms. The summed E-state index contributed by atoms with van der Waals surface area (Å²) in [6.07, 6.45) is 2.24. The largest absolute Gasteiger partial charge is 0.289 e. The first kappa shape index (κ1) is 9.32. The zero-order chi connectivity index (χ0) is 11.0. The highest BCUT2D eigenvalue weighted by molar-refractivity contribution is 6.20. The van der Waals surface area contributed by atoms with Crippen molar-refractivity contribution in [1.29, 1.82) is 0 Å². The fourth-order valence-corrected chi connectivity index (χ4v) is 1.37. The highest BCUT2D eigenvalue weighted by Crippen LogP contribution is 2.16. The van der Waals surface area contributed by atoms with Gasteiger partial charge in [-0.05, 0) is 0 Å². The molecule has 2 aliphatic rings. The van der Waals surface area contributed by atoms with Crippen molar-refractivity contribution in [2.45, 2.75) is 6.42 Å². The number of carbonyl (C=O) groups excluding carboxylic acids is 4. The van der Waals surface area contributed by atoms with E-state index in [0.717, 1.165) is 12.2 Å². The van der Waals surface area contributed by atoms with Crippen molar-refractivity contribution < 1.29 is 19.2 Å². The molecule has 2 rings (SSSR count). The number of nitrogens with one attached hydrogen (secondary N) is 2. The average molecular weight is 206 g/mol. The van der Waals surface area contributed by atoms with E-state index in [-0.39, 0.29) is 17.6 Å². The van der Waals surface area contributed by atoms with Crippen LogP contribution in [0.1, 0.15) is 6.42 Å². The van der Waals surface area contributed by atoms with E-state index in [0.29, 0.717) is 0 Å². The molecule has 0 unspecified atom stereocenters. The van der Waals surface area contributed by atoms with Crippen LogP contribution in [-0.2, 0) is 19.2 Å². The van der Waals surface area contributed by atoms with Gasteiger partial charge in [-0.25, -0.2) is 0 Å². The van der Waals surface area contributed by atoms with Gasteiger partial charge in [0.1, 0.15) is 0 Å². The van der Waals surface area contributed by atoms with Crippen molar-refractivity contribution in [2.24, 2.45) is 0 Å². The molecule has 0 bridgehead atoms. The molecular weight excluding hydrogens is 200 g/mol. The van der Waals surface area contributed by atoms with E-state index < -0.39 is 23.6 Å². The first-order valence-electron chi connectivity index (χ1n) is 4.18. The summed E-state index contributed by atoms with van der Waals surface area (Å²) >= 11 is 0. The van der Waals surface area contributed by atoms with E-state index in [1.165, 1.54) is 0 Å². The van der Waals surface area contributed by atoms with Gasteiger partial charge in [0.2, 0.25) is 0 Å². The summed E-state index contributed by atoms with van der Waals surface area (Å²) in [7, 11) is 0. The molecule has 6 heteroatoms. The summed E-state index contributed by atoms with van der Waals surface area (Å²) in [5.74, 6) is -2.04. The topological polar surface area (TPSA) is 92.3 Å². The van der Waals surface area contributed by atoms with Gasteiger partial charge in [0.15, 0.2) is 0 Å². The molecule has 76 valence electrons. The maximum absolute atomic E-state index is 11.1. The number of hydrogen-bond donors (Lipinski definition) is 2. The molecule has 0 radical (unpaired) electrons. The van der Waals surface area contributed by atoms with Crippen LogP contribution >= 0.6 is 0 Å². The van der Waals surface area contributed by atoms with Crippen LogP contribution in [0.25, 0.3) is 0 Å². The van der Waals surface area contributed by atoms with Crippen LogP contribution < -0.4 is 10.6 Å². The zero-order valence-electron chi connectivity index (χ0n) is 7.49. The van der Waals surface area contributed by atoms with Crippen LogP contribution in [0, 0.1) is 0 Å². The highest BCUT2D eigenvalue weighted by atomic mass is 16.2. The third-order valence-corrected chi connectivity index (χ3v) is 2.05. The van der Waals surface area contributed by atoms with Crippen LogP contribution in [0.2, 0.25) is 0 Å². The SMILES string of the molecule is O=C1C=C(CC2=CC(=O)NC2=O)C(=O)N1. The van der Waals surface area contributed by atoms with Crippen LogP contribution in [0.4, 0.5) is 0 Å². The number of imide groups is 2. The lowest BCUT2D eigenvalue weighted by molar-refractivity contribution is -0.125. The second-order valence-electron chi connectivity index (χ2n) is 3.15. The van der Waals surface area contributed by atoms with Crippen LogP contribution in [-0.4, -0.2) is 23.6 Å². The molecule has 0 saturated carbocycles. The van der Waals surface area contributed by atoms with E-state index >= 15 is 0 Å². The zero-order valence-corrected chi connectivity index (χ0v) is 7.49. The monoisotopic (exact) mass is 206 g/mol. The Bertz CT molecular complexity index is 417. The van der Waals surface area contributed by atoms with Crippen LogP contribution in [0.5, 0.6) is 0 Å². The predicted octanol–water partition coefficient (Wildman–Crippen LogP) is -1.46. The molecule has 15 heavy (non-hydrogen) atoms. The van der Waals surface area contributed by atoms with Crippen molar-refractivity contribution in [3.8, 4) is 0 Å². The summed E-state index contributed by atoms with van der Waals surface area (Å²) in [5.41, 5.74) is 0.382. The van der Waals surface area contributed by atoms with Gasteiger partial charge in [0.25, 0.3) is 23.6 Å². The van der Waals surface area contributed by atoms with E-state index in [1.807, 2.05) is 0 Å². The second-order valence-corrected chi connectivity index (χ2v) is 3.15. The van der Waals surface area contributed by atoms with E-state index in [1.54, 1.807) is 0 Å². The Labute approximate surface area is 84.0 Å². The fourth-order valence-electron chi connectivity index (χ4n) is 1.37. The van der Waals surface area contributed by atoms with Gasteiger partial charge in [0.05, 0.1) is 0 Å². The quantitative estimate of drug-likeness (QED) is 0.540. The number of hydrogen-bond acceptors (Lipinski definition) is 4. The third-order valence-electron chi connectivity index (χ3n) is 2.05. The molecule has 2 aliphatic heterocycles. The summed E-state index contributed by atoms with van der Waals surface area (Å²) in [4.78, 5) is 43.8. The predicted molar refractivity (Wildman–Crippen MR) is 47.1 cm³/mol. The minimum absolute atomic E-state index is 0.00481. The first-order valence-corrected chi connectivity index (χ1v) is 4.18. The molecule has 4 amide bonds. The molecule has 0 aromatic carbocycles. The summed E-state index contributed by atoms with van der Waals surface area (Å²) in [5, 5.41) is 4.11. The van der Waals surface area contributed by atoms with Crippen LogP contribution in [0.15, 0.2) is 23.3 Å². The Hall–Kier alpha value is -2.24. The van der Waals surface area contributed by atoms with Crippen molar-refractivity contribution in [1.82, 2.24) is 10.6 Å². The minimum Gasteiger partial charge on any atom is -0.289 e. The Morgan fingerprint density at radius 3 is 1.47 bits per heavy atom. The Morgan fingerprint density at radius 1 is 0.800 bits per heavy atom. The van der Waals surface area contributed by atoms with Crippen molar-refractivity contribution in [2.75, 3.05) is 0 Å². The standard InChI is InChI=1S/C9H6N2O4/c12-6-2-4(8(14)10-6)1-5-3-7(13)11-9(5)15/h2-3H,1H2,(H,10,12,14)(H,11,13,15). The lowest BCUT2D eigenvalue weighted by Crippen LogP contribution is -2.24. The maximum atomic E-state index is 11.1. The van der Waals surface area contributed by atoms with E-state index in [2.05, 4.69) is 10.6 Å². The summed E-state index contributed by atoms with van der Waals surface area (Å²) in [6.45, 7) is 0. The third kappa shape index (κ3) is 1.69. The first-order chi connectivity index (χ1) is 7.06. The van der Waals surface area contributed by atoms with E-state index in [4.69, 9.17) is 0 Å². The highest BCUT2D eigenvalue weighted by Gasteiger charge is 2.27. The van der Waals surface area contributed by atoms with Gasteiger partial charge in [-0.15, -0.1) is 0 Å². The van der Waals surface area contributed by atoms with Gasteiger partial charge in [-0.3, -0.25) is 29.8 Å². The molecule has 2 N–H and O–H groups in total. The van der Waals surface area contributed by atoms with Gasteiger partial charge < -0.3 is 0 Å². The maximum Gasteiger partial charge on any atom is 0.254 e. The lowest BCUT2D eigenvalue weighted by Gasteiger charge is -1.98. The van der Waals surface area contributed by atoms with Gasteiger partial charge in [-0.1, -0.05) is 0 Å². The summed E-state index contributed by atoms with van der Waals surface area (Å²) in [6, 6.07) is 0. The smallest absolute Gasteiger partial charge is 0.254 e. The van der Waals surface area contributed by atoms with E-state index in [9.17, 15) is 19.2 Å². The average Bonchev–Trinajstić information content (AvgIpc) is 2.58. The molecule has 0 aliphatic carbocycles. The minimum atomic E-state index is -0.520. The number of carbonyl (C=O) groups is 4. The van der Waals surface area contributed by atoms with Gasteiger partial charge in [0, 0.05) is 29.7 Å². The Morgan fingerprint density at radius 2 is 1.20 bits per heavy atom. The van der Waals surface area contributed by atoms with Crippen LogP contribution in [0.3, 0.4) is 0 Å². The Balaban J connectivity index is 2.17. The van der Waals surface area contributed by atoms with Crippen molar-refractivity contribution >= 4 is 23.6 Å². The molecule has 0 aromatic rings. The normalized spacial score (nSPS) is 20.0. The summed E-state index contributed by atoms with van der Waals surface area (Å²) < 4.78 is 0. The number of rotatable bonds is 2. The second kappa shape index (κ2) is 3.16. The fraction of sp³-hybridized carbons (Fsp3) is 0.111. The molecule has 0 saturated heterocycles. The molecular formula is C9H6N2O4. The van der Waals surface area contributed by atoms with Crippen molar-refractivity contribution in [3.05, 3.63) is 23.3 Å². The van der Waals surface area contributed by atoms with Gasteiger partial charge in [-0.2, -0.15) is 0 Å². The van der Waals surface area contributed by atoms with Gasteiger partial charge >= 0.3 is 0 Å². The number of amides is 4. The molecule has 0 atom stereocenters. The molecule has 0 fully saturated rings. The Kier molecular flexibility index (Phi) is 1.96. The lowest BCUT2D eigenvalue weighted by atomic mass is 10.1. The van der Waals surface area contributed by atoms with Crippen molar-refractivity contribution in [3.63, 3.8) is 0 Å².